The van der Waals surface area contributed by atoms with Crippen molar-refractivity contribution < 1.29 is 9.47 Å². The molecule has 21 heavy (non-hydrogen) atoms. The van der Waals surface area contributed by atoms with Crippen molar-refractivity contribution in [2.24, 2.45) is 0 Å². The lowest BCUT2D eigenvalue weighted by atomic mass is 10.2. The van der Waals surface area contributed by atoms with Gasteiger partial charge in [-0.3, -0.25) is 0 Å². The Balaban J connectivity index is 2.08. The van der Waals surface area contributed by atoms with Gasteiger partial charge in [-0.2, -0.15) is 0 Å². The van der Waals surface area contributed by atoms with Gasteiger partial charge in [0, 0.05) is 17.7 Å². The second-order valence-electron chi connectivity index (χ2n) is 4.21. The zero-order valence-electron chi connectivity index (χ0n) is 11.9. The highest BCUT2D eigenvalue weighted by Crippen LogP contribution is 2.35. The standard InChI is InChI=1S/C17H16ClNO2/c1-20-16-12-15(17(21-2)11-14(16)18)19-10-6-9-13-7-4-3-5-8-13/h3-5,7-8,11-12,19H,10H2,1-2H3. The summed E-state index contributed by atoms with van der Waals surface area (Å²) in [7, 11) is 3.17. The summed E-state index contributed by atoms with van der Waals surface area (Å²) < 4.78 is 10.5. The summed E-state index contributed by atoms with van der Waals surface area (Å²) in [5.74, 6) is 7.39. The van der Waals surface area contributed by atoms with Gasteiger partial charge in [0.25, 0.3) is 0 Å². The molecular formula is C17H16ClNO2. The highest BCUT2D eigenvalue weighted by molar-refractivity contribution is 6.32. The quantitative estimate of drug-likeness (QED) is 0.871. The van der Waals surface area contributed by atoms with Gasteiger partial charge in [0.15, 0.2) is 0 Å². The van der Waals surface area contributed by atoms with Gasteiger partial charge >= 0.3 is 0 Å². The molecule has 2 aromatic carbocycles. The fraction of sp³-hybridized carbons (Fsp3) is 0.176. The average molecular weight is 302 g/mol. The van der Waals surface area contributed by atoms with Crippen LogP contribution in [0.2, 0.25) is 5.02 Å². The smallest absolute Gasteiger partial charge is 0.143 e. The Kier molecular flexibility index (Phi) is 5.36. The lowest BCUT2D eigenvalue weighted by Crippen LogP contribution is -2.02. The molecule has 0 amide bonds. The molecule has 0 aliphatic heterocycles. The molecule has 0 atom stereocenters. The van der Waals surface area contributed by atoms with E-state index in [4.69, 9.17) is 21.1 Å². The van der Waals surface area contributed by atoms with Crippen LogP contribution in [-0.4, -0.2) is 20.8 Å². The number of methoxy groups -OCH3 is 2. The predicted octanol–water partition coefficient (Wildman–Crippen LogP) is 3.82. The zero-order chi connectivity index (χ0) is 15.1. The third-order valence-electron chi connectivity index (χ3n) is 2.85. The van der Waals surface area contributed by atoms with Gasteiger partial charge in [0.2, 0.25) is 0 Å². The monoisotopic (exact) mass is 301 g/mol. The first-order valence-electron chi connectivity index (χ1n) is 6.44. The maximum absolute atomic E-state index is 6.06. The molecule has 0 bridgehead atoms. The topological polar surface area (TPSA) is 30.5 Å². The second kappa shape index (κ2) is 7.47. The molecule has 2 rings (SSSR count). The molecule has 0 saturated carbocycles. The number of nitrogens with one attached hydrogen (secondary N) is 1. The Labute approximate surface area is 129 Å². The number of hydrogen-bond acceptors (Lipinski definition) is 3. The van der Waals surface area contributed by atoms with Crippen LogP contribution in [0.5, 0.6) is 11.5 Å². The van der Waals surface area contributed by atoms with E-state index in [0.29, 0.717) is 23.1 Å². The van der Waals surface area contributed by atoms with Gasteiger partial charge in [-0.15, -0.1) is 0 Å². The minimum Gasteiger partial charge on any atom is -0.495 e. The van der Waals surface area contributed by atoms with Gasteiger partial charge in [0.05, 0.1) is 31.5 Å². The molecule has 0 aromatic heterocycles. The number of hydrogen-bond donors (Lipinski definition) is 1. The van der Waals surface area contributed by atoms with Gasteiger partial charge in [-0.1, -0.05) is 41.6 Å². The summed E-state index contributed by atoms with van der Waals surface area (Å²) >= 11 is 6.06. The highest BCUT2D eigenvalue weighted by atomic mass is 35.5. The van der Waals surface area contributed by atoms with E-state index in [0.717, 1.165) is 11.3 Å². The van der Waals surface area contributed by atoms with E-state index in [1.807, 2.05) is 30.3 Å². The molecule has 0 heterocycles. The molecule has 0 saturated heterocycles. The van der Waals surface area contributed by atoms with Crippen molar-refractivity contribution in [1.82, 2.24) is 0 Å². The fourth-order valence-corrected chi connectivity index (χ4v) is 2.04. The molecule has 3 nitrogen and oxygen atoms in total. The largest absolute Gasteiger partial charge is 0.495 e. The number of anilines is 1. The molecule has 0 unspecified atom stereocenters. The molecule has 0 aliphatic rings. The van der Waals surface area contributed by atoms with E-state index < -0.39 is 0 Å². The summed E-state index contributed by atoms with van der Waals surface area (Å²) in [5.41, 5.74) is 1.78. The molecule has 4 heteroatoms. The van der Waals surface area contributed by atoms with E-state index >= 15 is 0 Å². The first-order valence-corrected chi connectivity index (χ1v) is 6.81. The lowest BCUT2D eigenvalue weighted by Gasteiger charge is -2.12. The first kappa shape index (κ1) is 15.1. The van der Waals surface area contributed by atoms with Crippen LogP contribution in [0.3, 0.4) is 0 Å². The fourth-order valence-electron chi connectivity index (χ4n) is 1.81. The van der Waals surface area contributed by atoms with Crippen LogP contribution in [0.4, 0.5) is 5.69 Å². The number of benzene rings is 2. The number of rotatable bonds is 4. The predicted molar refractivity (Wildman–Crippen MR) is 86.4 cm³/mol. The Morgan fingerprint density at radius 2 is 1.76 bits per heavy atom. The Morgan fingerprint density at radius 1 is 1.05 bits per heavy atom. The summed E-state index contributed by atoms with van der Waals surface area (Å²) in [6.07, 6.45) is 0. The second-order valence-corrected chi connectivity index (χ2v) is 4.62. The van der Waals surface area contributed by atoms with Crippen LogP contribution >= 0.6 is 11.6 Å². The van der Waals surface area contributed by atoms with Gasteiger partial charge in [0.1, 0.15) is 11.5 Å². The Bertz CT molecular complexity index is 660. The van der Waals surface area contributed by atoms with E-state index in [1.165, 1.54) is 0 Å². The van der Waals surface area contributed by atoms with Crippen molar-refractivity contribution in [3.63, 3.8) is 0 Å². The molecule has 0 radical (unpaired) electrons. The van der Waals surface area contributed by atoms with Crippen molar-refractivity contribution in [2.75, 3.05) is 26.1 Å². The number of ether oxygens (including phenoxy) is 2. The molecular weight excluding hydrogens is 286 g/mol. The summed E-state index contributed by atoms with van der Waals surface area (Å²) in [5, 5.41) is 3.71. The van der Waals surface area contributed by atoms with Crippen LogP contribution in [-0.2, 0) is 0 Å². The average Bonchev–Trinajstić information content (AvgIpc) is 2.53. The van der Waals surface area contributed by atoms with E-state index in [2.05, 4.69) is 17.2 Å². The minimum atomic E-state index is 0.496. The van der Waals surface area contributed by atoms with Crippen molar-refractivity contribution in [3.05, 3.63) is 53.1 Å². The zero-order valence-corrected chi connectivity index (χ0v) is 12.7. The summed E-state index contributed by atoms with van der Waals surface area (Å²) in [6.45, 7) is 0.496. The third-order valence-corrected chi connectivity index (χ3v) is 3.14. The van der Waals surface area contributed by atoms with Gasteiger partial charge < -0.3 is 14.8 Å². The number of halogens is 1. The molecule has 0 spiro atoms. The normalized spacial score (nSPS) is 9.48. The maximum atomic E-state index is 6.06. The van der Waals surface area contributed by atoms with Gasteiger partial charge in [-0.05, 0) is 12.1 Å². The van der Waals surface area contributed by atoms with Crippen molar-refractivity contribution >= 4 is 17.3 Å². The van der Waals surface area contributed by atoms with E-state index in [1.54, 1.807) is 26.4 Å². The van der Waals surface area contributed by atoms with E-state index in [-0.39, 0.29) is 0 Å². The summed E-state index contributed by atoms with van der Waals surface area (Å²) in [6, 6.07) is 13.3. The minimum absolute atomic E-state index is 0.496. The third kappa shape index (κ3) is 4.08. The van der Waals surface area contributed by atoms with Gasteiger partial charge in [-0.25, -0.2) is 0 Å². The molecule has 1 N–H and O–H groups in total. The van der Waals surface area contributed by atoms with E-state index in [9.17, 15) is 0 Å². The Morgan fingerprint density at radius 3 is 2.43 bits per heavy atom. The molecule has 108 valence electrons. The molecule has 0 aliphatic carbocycles. The lowest BCUT2D eigenvalue weighted by molar-refractivity contribution is 0.405. The van der Waals surface area contributed by atoms with Crippen molar-refractivity contribution in [2.45, 2.75) is 0 Å². The van der Waals surface area contributed by atoms with Crippen LogP contribution in [0, 0.1) is 11.8 Å². The maximum Gasteiger partial charge on any atom is 0.143 e. The van der Waals surface area contributed by atoms with Crippen molar-refractivity contribution in [3.8, 4) is 23.3 Å². The van der Waals surface area contributed by atoms with Crippen LogP contribution < -0.4 is 14.8 Å². The van der Waals surface area contributed by atoms with Crippen molar-refractivity contribution in [1.29, 1.82) is 0 Å². The summed E-state index contributed by atoms with van der Waals surface area (Å²) in [4.78, 5) is 0. The molecule has 0 fully saturated rings. The SMILES string of the molecule is COc1cc(NCC#Cc2ccccc2)c(OC)cc1Cl. The van der Waals surface area contributed by atoms with Crippen LogP contribution in [0.25, 0.3) is 0 Å². The van der Waals surface area contributed by atoms with Crippen LogP contribution in [0.15, 0.2) is 42.5 Å². The molecule has 2 aromatic rings. The Hall–Kier alpha value is -2.31. The first-order chi connectivity index (χ1) is 10.2. The van der Waals surface area contributed by atoms with Crippen LogP contribution in [0.1, 0.15) is 5.56 Å². The highest BCUT2D eigenvalue weighted by Gasteiger charge is 2.08.